The molecule has 8 nitrogen and oxygen atoms in total. The molecular formula is C19H23N3O5S2. The zero-order valence-corrected chi connectivity index (χ0v) is 18.1. The Hall–Kier alpha value is -2.30. The Bertz CT molecular complexity index is 1210. The van der Waals surface area contributed by atoms with Gasteiger partial charge in [-0.1, -0.05) is 6.92 Å². The fourth-order valence-electron chi connectivity index (χ4n) is 3.02. The van der Waals surface area contributed by atoms with Crippen LogP contribution in [-0.2, 0) is 14.8 Å². The number of H-pyrrole nitrogens is 2. The lowest BCUT2D eigenvalue weighted by Crippen LogP contribution is -2.29. The number of nitrogens with one attached hydrogen (secondary N) is 2. The molecule has 0 saturated carbocycles. The summed E-state index contributed by atoms with van der Waals surface area (Å²) in [7, 11) is -2.18. The van der Waals surface area contributed by atoms with E-state index in [9.17, 15) is 18.0 Å². The van der Waals surface area contributed by atoms with Crippen molar-refractivity contribution in [3.05, 3.63) is 40.3 Å². The zero-order valence-electron chi connectivity index (χ0n) is 16.4. The van der Waals surface area contributed by atoms with Crippen LogP contribution in [0.1, 0.15) is 23.7 Å². The highest BCUT2D eigenvalue weighted by molar-refractivity contribution is 7.98. The first-order chi connectivity index (χ1) is 13.8. The van der Waals surface area contributed by atoms with Gasteiger partial charge in [0.05, 0.1) is 17.1 Å². The van der Waals surface area contributed by atoms with E-state index in [1.54, 1.807) is 17.8 Å². The summed E-state index contributed by atoms with van der Waals surface area (Å²) in [6, 6.07) is 4.49. The van der Waals surface area contributed by atoms with E-state index in [2.05, 4.69) is 9.97 Å². The molecule has 1 aromatic carbocycles. The average Bonchev–Trinajstić information content (AvgIpc) is 3.16. The van der Waals surface area contributed by atoms with Gasteiger partial charge in [-0.2, -0.15) is 11.8 Å². The number of rotatable bonds is 8. The number of hydrogen-bond donors (Lipinski definition) is 2. The van der Waals surface area contributed by atoms with Gasteiger partial charge in [-0.15, -0.1) is 0 Å². The Balaban J connectivity index is 2.20. The third-order valence-electron chi connectivity index (χ3n) is 4.59. The van der Waals surface area contributed by atoms with Crippen molar-refractivity contribution in [2.75, 3.05) is 32.2 Å². The molecule has 2 N–H and O–H groups in total. The average molecular weight is 438 g/mol. The number of fused-ring (bicyclic) bond motifs is 3. The van der Waals surface area contributed by atoms with Crippen molar-refractivity contribution in [1.82, 2.24) is 14.3 Å². The molecule has 0 aliphatic carbocycles. The van der Waals surface area contributed by atoms with Gasteiger partial charge in [-0.25, -0.2) is 17.5 Å². The van der Waals surface area contributed by atoms with Crippen molar-refractivity contribution in [3.63, 3.8) is 0 Å². The van der Waals surface area contributed by atoms with Crippen molar-refractivity contribution in [3.8, 4) is 0 Å². The quantitative estimate of drug-likeness (QED) is 0.524. The predicted molar refractivity (Wildman–Crippen MR) is 115 cm³/mol. The number of thioether (sulfide) groups is 1. The lowest BCUT2D eigenvalue weighted by molar-refractivity contribution is 0.0507. The second-order valence-corrected chi connectivity index (χ2v) is 9.60. The van der Waals surface area contributed by atoms with Crippen LogP contribution in [0.25, 0.3) is 21.8 Å². The number of hydrogen-bond acceptors (Lipinski definition) is 6. The molecule has 2 aromatic heterocycles. The summed E-state index contributed by atoms with van der Waals surface area (Å²) < 4.78 is 32.4. The molecule has 0 aliphatic rings. The summed E-state index contributed by atoms with van der Waals surface area (Å²) in [6.45, 7) is 2.51. The van der Waals surface area contributed by atoms with Gasteiger partial charge in [-0.3, -0.25) is 4.79 Å². The van der Waals surface area contributed by atoms with Gasteiger partial charge in [0.2, 0.25) is 10.0 Å². The number of ether oxygens (including phenoxy) is 1. The van der Waals surface area contributed by atoms with Crippen LogP contribution in [0.4, 0.5) is 0 Å². The summed E-state index contributed by atoms with van der Waals surface area (Å²) >= 11 is 1.56. The summed E-state index contributed by atoms with van der Waals surface area (Å²) in [6.07, 6.45) is 4.00. The highest BCUT2D eigenvalue weighted by Crippen LogP contribution is 2.28. The lowest BCUT2D eigenvalue weighted by Gasteiger charge is -2.17. The topological polar surface area (TPSA) is 112 Å². The zero-order chi connectivity index (χ0) is 21.2. The molecule has 29 heavy (non-hydrogen) atoms. The number of benzene rings is 1. The van der Waals surface area contributed by atoms with Crippen LogP contribution in [0.15, 0.2) is 34.1 Å². The van der Waals surface area contributed by atoms with Crippen LogP contribution in [0.5, 0.6) is 0 Å². The van der Waals surface area contributed by atoms with Crippen LogP contribution in [0.2, 0.25) is 0 Å². The molecule has 0 saturated heterocycles. The van der Waals surface area contributed by atoms with E-state index in [1.165, 1.54) is 29.7 Å². The maximum Gasteiger partial charge on any atom is 0.340 e. The predicted octanol–water partition coefficient (Wildman–Crippen LogP) is 2.56. The molecule has 0 spiro atoms. The Labute approximate surface area is 172 Å². The number of pyridine rings is 1. The maximum absolute atomic E-state index is 12.9. The summed E-state index contributed by atoms with van der Waals surface area (Å²) in [5, 5.41) is 0.817. The van der Waals surface area contributed by atoms with Crippen LogP contribution in [0.3, 0.4) is 0 Å². The highest BCUT2D eigenvalue weighted by atomic mass is 32.2. The molecule has 156 valence electrons. The Morgan fingerprint density at radius 1 is 1.31 bits per heavy atom. The summed E-state index contributed by atoms with van der Waals surface area (Å²) in [5.74, 6) is 0.113. The van der Waals surface area contributed by atoms with Crippen molar-refractivity contribution >= 4 is 49.6 Å². The van der Waals surface area contributed by atoms with E-state index in [0.29, 0.717) is 35.0 Å². The molecule has 0 unspecified atom stereocenters. The molecule has 0 atom stereocenters. The molecule has 0 bridgehead atoms. The number of esters is 1. The minimum absolute atomic E-state index is 0.0935. The second-order valence-electron chi connectivity index (χ2n) is 6.57. The third-order valence-corrected chi connectivity index (χ3v) is 7.04. The van der Waals surface area contributed by atoms with Gasteiger partial charge < -0.3 is 14.7 Å². The van der Waals surface area contributed by atoms with Gasteiger partial charge in [0.15, 0.2) is 0 Å². The van der Waals surface area contributed by atoms with Crippen molar-refractivity contribution in [1.29, 1.82) is 0 Å². The normalized spacial score (nSPS) is 12.1. The van der Waals surface area contributed by atoms with E-state index in [1.807, 2.05) is 13.2 Å². The van der Waals surface area contributed by atoms with Gasteiger partial charge in [0, 0.05) is 41.8 Å². The summed E-state index contributed by atoms with van der Waals surface area (Å²) in [5.41, 5.74) is 0.452. The van der Waals surface area contributed by atoms with E-state index in [-0.39, 0.29) is 22.6 Å². The van der Waals surface area contributed by atoms with E-state index in [4.69, 9.17) is 4.74 Å². The summed E-state index contributed by atoms with van der Waals surface area (Å²) in [4.78, 5) is 30.5. The molecule has 2 heterocycles. The molecule has 0 radical (unpaired) electrons. The molecule has 10 heteroatoms. The number of carbonyl (C=O) groups excluding carboxylic acids is 1. The number of carbonyl (C=O) groups is 1. The monoisotopic (exact) mass is 437 g/mol. The van der Waals surface area contributed by atoms with Gasteiger partial charge in [0.25, 0.3) is 5.56 Å². The van der Waals surface area contributed by atoms with Crippen LogP contribution in [-0.4, -0.2) is 60.9 Å². The Kier molecular flexibility index (Phi) is 6.35. The lowest BCUT2D eigenvalue weighted by atomic mass is 10.1. The Morgan fingerprint density at radius 2 is 2.07 bits per heavy atom. The van der Waals surface area contributed by atoms with Gasteiger partial charge in [-0.05, 0) is 30.9 Å². The van der Waals surface area contributed by atoms with Crippen molar-refractivity contribution in [2.45, 2.75) is 18.2 Å². The van der Waals surface area contributed by atoms with E-state index >= 15 is 0 Å². The van der Waals surface area contributed by atoms with Gasteiger partial charge >= 0.3 is 5.97 Å². The molecule has 3 aromatic rings. The minimum Gasteiger partial charge on any atom is -0.462 e. The first kappa shape index (κ1) is 21.4. The van der Waals surface area contributed by atoms with Crippen LogP contribution < -0.4 is 5.56 Å². The third kappa shape index (κ3) is 4.05. The molecule has 0 amide bonds. The van der Waals surface area contributed by atoms with E-state index < -0.39 is 21.6 Å². The maximum atomic E-state index is 12.9. The second kappa shape index (κ2) is 8.60. The van der Waals surface area contributed by atoms with Crippen LogP contribution in [0, 0.1) is 0 Å². The Morgan fingerprint density at radius 3 is 2.76 bits per heavy atom. The van der Waals surface area contributed by atoms with Crippen LogP contribution >= 0.6 is 11.8 Å². The standard InChI is InChI=1S/C19H23N3O5S2/c1-4-8-27-19(24)14-11-20-17-16(14)13-10-12(5-6-15(13)21-18(17)23)29(25,26)22(2)7-9-28-3/h5-6,10-11,20H,4,7-9H2,1-3H3,(H,21,23). The first-order valence-corrected chi connectivity index (χ1v) is 11.9. The minimum atomic E-state index is -3.71. The largest absolute Gasteiger partial charge is 0.462 e. The van der Waals surface area contributed by atoms with E-state index in [0.717, 1.165) is 0 Å². The highest BCUT2D eigenvalue weighted by Gasteiger charge is 2.23. The first-order valence-electron chi connectivity index (χ1n) is 9.10. The number of aromatic amines is 2. The number of sulfonamides is 1. The number of nitrogens with zero attached hydrogens (tertiary/aromatic N) is 1. The SMILES string of the molecule is CCCOC(=O)c1c[nH]c2c(=O)[nH]c3ccc(S(=O)(=O)N(C)CCSC)cc3c12. The molecule has 0 fully saturated rings. The fraction of sp³-hybridized carbons (Fsp3) is 0.368. The molecule has 0 aliphatic heterocycles. The fourth-order valence-corrected chi connectivity index (χ4v) is 4.79. The van der Waals surface area contributed by atoms with Gasteiger partial charge in [0.1, 0.15) is 5.52 Å². The smallest absolute Gasteiger partial charge is 0.340 e. The molecule has 3 rings (SSSR count). The van der Waals surface area contributed by atoms with Crippen molar-refractivity contribution < 1.29 is 17.9 Å². The molecular weight excluding hydrogens is 414 g/mol. The van der Waals surface area contributed by atoms with Crippen molar-refractivity contribution in [2.24, 2.45) is 0 Å². The number of aromatic nitrogens is 2.